The number of rotatable bonds is 5. The summed E-state index contributed by atoms with van der Waals surface area (Å²) in [6.07, 6.45) is 4.71. The Kier molecular flexibility index (Phi) is 5.92. The molecule has 0 aromatic rings. The monoisotopic (exact) mass is 242 g/mol. The van der Waals surface area contributed by atoms with Crippen LogP contribution in [0.5, 0.6) is 0 Å². The Labute approximate surface area is 104 Å². The Morgan fingerprint density at radius 3 is 2.88 bits per heavy atom. The maximum absolute atomic E-state index is 11.6. The molecule has 1 aliphatic heterocycles. The second-order valence-corrected chi connectivity index (χ2v) is 5.33. The topological polar surface area (TPSA) is 52.6 Å². The van der Waals surface area contributed by atoms with E-state index >= 15 is 0 Å². The number of hydrogen-bond donors (Lipinski definition) is 2. The van der Waals surface area contributed by atoms with Gasteiger partial charge in [-0.05, 0) is 39.2 Å². The third kappa shape index (κ3) is 6.03. The van der Waals surface area contributed by atoms with Crippen molar-refractivity contribution in [2.24, 2.45) is 0 Å². The molecule has 0 saturated carbocycles. The Balaban J connectivity index is 2.24. The number of unbranched alkanes of at least 4 members (excludes halogenated alkanes) is 1. The summed E-state index contributed by atoms with van der Waals surface area (Å²) in [6.45, 7) is 6.98. The highest BCUT2D eigenvalue weighted by molar-refractivity contribution is 5.77. The van der Waals surface area contributed by atoms with E-state index in [1.165, 1.54) is 0 Å². The molecule has 100 valence electrons. The highest BCUT2D eigenvalue weighted by atomic mass is 16.3. The Hall–Kier alpha value is -0.610. The predicted molar refractivity (Wildman–Crippen MR) is 68.8 cm³/mol. The SMILES string of the molecule is CCCCNC(=O)CN1CCCC(C)(O)CC1. The number of likely N-dealkylation sites (tertiary alicyclic amines) is 1. The summed E-state index contributed by atoms with van der Waals surface area (Å²) in [6, 6.07) is 0. The molecule has 1 unspecified atom stereocenters. The van der Waals surface area contributed by atoms with E-state index in [0.717, 1.165) is 51.7 Å². The first kappa shape index (κ1) is 14.5. The first-order valence-corrected chi connectivity index (χ1v) is 6.75. The van der Waals surface area contributed by atoms with Gasteiger partial charge in [0.25, 0.3) is 0 Å². The van der Waals surface area contributed by atoms with Gasteiger partial charge in [0.05, 0.1) is 12.1 Å². The highest BCUT2D eigenvalue weighted by Crippen LogP contribution is 2.20. The van der Waals surface area contributed by atoms with Crippen molar-refractivity contribution in [1.29, 1.82) is 0 Å². The van der Waals surface area contributed by atoms with E-state index in [1.54, 1.807) is 0 Å². The van der Waals surface area contributed by atoms with Crippen LogP contribution in [0.3, 0.4) is 0 Å². The van der Waals surface area contributed by atoms with Gasteiger partial charge >= 0.3 is 0 Å². The van der Waals surface area contributed by atoms with Crippen molar-refractivity contribution in [2.75, 3.05) is 26.2 Å². The molecule has 0 aromatic carbocycles. The summed E-state index contributed by atoms with van der Waals surface area (Å²) in [5, 5.41) is 12.9. The Morgan fingerprint density at radius 2 is 2.18 bits per heavy atom. The molecule has 1 amide bonds. The zero-order valence-corrected chi connectivity index (χ0v) is 11.2. The molecular weight excluding hydrogens is 216 g/mol. The molecule has 2 N–H and O–H groups in total. The zero-order valence-electron chi connectivity index (χ0n) is 11.2. The standard InChI is InChI=1S/C13H26N2O2/c1-3-4-8-14-12(16)11-15-9-5-6-13(2,17)7-10-15/h17H,3-11H2,1-2H3,(H,14,16). The molecule has 17 heavy (non-hydrogen) atoms. The number of aliphatic hydroxyl groups is 1. The van der Waals surface area contributed by atoms with Gasteiger partial charge in [0.2, 0.25) is 5.91 Å². The lowest BCUT2D eigenvalue weighted by Crippen LogP contribution is -2.38. The van der Waals surface area contributed by atoms with Gasteiger partial charge in [-0.3, -0.25) is 9.69 Å². The van der Waals surface area contributed by atoms with Crippen LogP contribution < -0.4 is 5.32 Å². The lowest BCUT2D eigenvalue weighted by molar-refractivity contribution is -0.122. The van der Waals surface area contributed by atoms with Crippen LogP contribution in [-0.2, 0) is 4.79 Å². The minimum Gasteiger partial charge on any atom is -0.390 e. The van der Waals surface area contributed by atoms with E-state index in [0.29, 0.717) is 6.54 Å². The van der Waals surface area contributed by atoms with E-state index in [1.807, 2.05) is 6.92 Å². The van der Waals surface area contributed by atoms with Crippen molar-refractivity contribution in [2.45, 2.75) is 51.6 Å². The van der Waals surface area contributed by atoms with Crippen molar-refractivity contribution in [3.05, 3.63) is 0 Å². The fraction of sp³-hybridized carbons (Fsp3) is 0.923. The molecule has 1 saturated heterocycles. The third-order valence-electron chi connectivity index (χ3n) is 3.38. The van der Waals surface area contributed by atoms with Crippen LogP contribution >= 0.6 is 0 Å². The first-order valence-electron chi connectivity index (χ1n) is 6.75. The van der Waals surface area contributed by atoms with Gasteiger partial charge < -0.3 is 10.4 Å². The maximum atomic E-state index is 11.6. The Morgan fingerprint density at radius 1 is 1.41 bits per heavy atom. The average Bonchev–Trinajstić information content (AvgIpc) is 2.41. The molecule has 0 spiro atoms. The number of carbonyl (C=O) groups excluding carboxylic acids is 1. The van der Waals surface area contributed by atoms with Crippen molar-refractivity contribution < 1.29 is 9.90 Å². The number of amides is 1. The minimum absolute atomic E-state index is 0.111. The number of carbonyl (C=O) groups is 1. The molecule has 1 heterocycles. The molecule has 1 fully saturated rings. The van der Waals surface area contributed by atoms with Crippen LogP contribution in [0.4, 0.5) is 0 Å². The normalized spacial score (nSPS) is 26.5. The van der Waals surface area contributed by atoms with Gasteiger partial charge in [0, 0.05) is 13.1 Å². The molecule has 0 aliphatic carbocycles. The largest absolute Gasteiger partial charge is 0.390 e. The highest BCUT2D eigenvalue weighted by Gasteiger charge is 2.25. The molecule has 1 atom stereocenters. The van der Waals surface area contributed by atoms with Gasteiger partial charge in [-0.25, -0.2) is 0 Å². The van der Waals surface area contributed by atoms with Crippen LogP contribution in [0, 0.1) is 0 Å². The fourth-order valence-electron chi connectivity index (χ4n) is 2.14. The molecule has 0 aromatic heterocycles. The lowest BCUT2D eigenvalue weighted by Gasteiger charge is -2.22. The average molecular weight is 242 g/mol. The van der Waals surface area contributed by atoms with Crippen LogP contribution in [0.15, 0.2) is 0 Å². The minimum atomic E-state index is -0.548. The van der Waals surface area contributed by atoms with Crippen molar-refractivity contribution in [3.63, 3.8) is 0 Å². The van der Waals surface area contributed by atoms with Crippen LogP contribution in [0.25, 0.3) is 0 Å². The van der Waals surface area contributed by atoms with Crippen LogP contribution in [0.2, 0.25) is 0 Å². The van der Waals surface area contributed by atoms with Crippen LogP contribution in [-0.4, -0.2) is 47.7 Å². The molecule has 1 rings (SSSR count). The molecule has 0 bridgehead atoms. The van der Waals surface area contributed by atoms with Gasteiger partial charge in [0.1, 0.15) is 0 Å². The van der Waals surface area contributed by atoms with E-state index < -0.39 is 5.60 Å². The maximum Gasteiger partial charge on any atom is 0.234 e. The molecular formula is C13H26N2O2. The van der Waals surface area contributed by atoms with Gasteiger partial charge in [-0.2, -0.15) is 0 Å². The van der Waals surface area contributed by atoms with Gasteiger partial charge in [0.15, 0.2) is 0 Å². The smallest absolute Gasteiger partial charge is 0.234 e. The van der Waals surface area contributed by atoms with Crippen LogP contribution in [0.1, 0.15) is 46.0 Å². The summed E-state index contributed by atoms with van der Waals surface area (Å²) < 4.78 is 0. The van der Waals surface area contributed by atoms with E-state index in [4.69, 9.17) is 0 Å². The van der Waals surface area contributed by atoms with Crippen molar-refractivity contribution in [1.82, 2.24) is 10.2 Å². The molecule has 4 heteroatoms. The van der Waals surface area contributed by atoms with E-state index in [9.17, 15) is 9.90 Å². The summed E-state index contributed by atoms with van der Waals surface area (Å²) in [4.78, 5) is 13.8. The zero-order chi connectivity index (χ0) is 12.7. The fourth-order valence-corrected chi connectivity index (χ4v) is 2.14. The Bertz CT molecular complexity index is 242. The summed E-state index contributed by atoms with van der Waals surface area (Å²) in [5.41, 5.74) is -0.548. The number of nitrogens with zero attached hydrogens (tertiary/aromatic N) is 1. The lowest BCUT2D eigenvalue weighted by atomic mass is 9.98. The summed E-state index contributed by atoms with van der Waals surface area (Å²) in [5.74, 6) is 0.111. The summed E-state index contributed by atoms with van der Waals surface area (Å²) >= 11 is 0. The van der Waals surface area contributed by atoms with Gasteiger partial charge in [-0.15, -0.1) is 0 Å². The number of hydrogen-bond acceptors (Lipinski definition) is 3. The van der Waals surface area contributed by atoms with Gasteiger partial charge in [-0.1, -0.05) is 13.3 Å². The quantitative estimate of drug-likeness (QED) is 0.711. The molecule has 0 radical (unpaired) electrons. The van der Waals surface area contributed by atoms with Crippen molar-refractivity contribution in [3.8, 4) is 0 Å². The molecule has 4 nitrogen and oxygen atoms in total. The summed E-state index contributed by atoms with van der Waals surface area (Å²) in [7, 11) is 0. The molecule has 1 aliphatic rings. The predicted octanol–water partition coefficient (Wildman–Crippen LogP) is 1.14. The van der Waals surface area contributed by atoms with Crippen molar-refractivity contribution >= 4 is 5.91 Å². The van der Waals surface area contributed by atoms with E-state index in [2.05, 4.69) is 17.1 Å². The second kappa shape index (κ2) is 6.97. The number of nitrogens with one attached hydrogen (secondary N) is 1. The first-order chi connectivity index (χ1) is 8.03. The second-order valence-electron chi connectivity index (χ2n) is 5.33. The third-order valence-corrected chi connectivity index (χ3v) is 3.38. The van der Waals surface area contributed by atoms with E-state index in [-0.39, 0.29) is 5.91 Å².